The van der Waals surface area contributed by atoms with Crippen LogP contribution < -0.4 is 0 Å². The molecule has 0 radical (unpaired) electrons. The molecule has 24 heavy (non-hydrogen) atoms. The van der Waals surface area contributed by atoms with E-state index in [0.29, 0.717) is 6.42 Å². The van der Waals surface area contributed by atoms with Crippen LogP contribution >= 0.6 is 0 Å². The Morgan fingerprint density at radius 1 is 0.667 bits per heavy atom. The van der Waals surface area contributed by atoms with Gasteiger partial charge in [-0.05, 0) is 19.3 Å². The van der Waals surface area contributed by atoms with Crippen LogP contribution in [0.5, 0.6) is 0 Å². The molecule has 0 saturated carbocycles. The first kappa shape index (κ1) is 23.4. The summed E-state index contributed by atoms with van der Waals surface area (Å²) in [6, 6.07) is 0. The molecule has 0 amide bonds. The van der Waals surface area contributed by atoms with Crippen molar-refractivity contribution in [2.45, 2.75) is 129 Å². The summed E-state index contributed by atoms with van der Waals surface area (Å²) in [5, 5.41) is 18.5. The highest BCUT2D eigenvalue weighted by molar-refractivity contribution is 5.66. The van der Waals surface area contributed by atoms with E-state index in [2.05, 4.69) is 6.92 Å². The minimum Gasteiger partial charge on any atom is -0.481 e. The lowest BCUT2D eigenvalue weighted by Gasteiger charge is -2.10. The van der Waals surface area contributed by atoms with Gasteiger partial charge in [0.25, 0.3) is 0 Å². The molecule has 0 aromatic heterocycles. The maximum absolute atomic E-state index is 10.4. The van der Waals surface area contributed by atoms with Gasteiger partial charge in [-0.1, -0.05) is 96.8 Å². The summed E-state index contributed by atoms with van der Waals surface area (Å²) in [6.45, 7) is 2.23. The molecule has 1 unspecified atom stereocenters. The molecule has 3 heteroatoms. The Morgan fingerprint density at radius 3 is 1.46 bits per heavy atom. The number of carboxylic acid groups (broad SMARTS) is 1. The van der Waals surface area contributed by atoms with Crippen LogP contribution in [-0.4, -0.2) is 22.3 Å². The van der Waals surface area contributed by atoms with Crippen molar-refractivity contribution in [2.75, 3.05) is 0 Å². The zero-order valence-electron chi connectivity index (χ0n) is 16.1. The Labute approximate surface area is 150 Å². The lowest BCUT2D eigenvalue weighted by Crippen LogP contribution is -2.05. The van der Waals surface area contributed by atoms with Gasteiger partial charge >= 0.3 is 5.97 Å². The first-order valence-electron chi connectivity index (χ1n) is 10.6. The van der Waals surface area contributed by atoms with E-state index in [1.807, 2.05) is 0 Å². The molecular weight excluding hydrogens is 300 g/mol. The first-order valence-corrected chi connectivity index (χ1v) is 10.6. The van der Waals surface area contributed by atoms with Crippen molar-refractivity contribution >= 4 is 5.97 Å². The molecule has 0 saturated heterocycles. The zero-order valence-corrected chi connectivity index (χ0v) is 16.1. The van der Waals surface area contributed by atoms with Crippen molar-refractivity contribution in [1.29, 1.82) is 0 Å². The summed E-state index contributed by atoms with van der Waals surface area (Å²) in [4.78, 5) is 10.4. The van der Waals surface area contributed by atoms with Crippen molar-refractivity contribution < 1.29 is 15.0 Å². The van der Waals surface area contributed by atoms with Gasteiger partial charge in [-0.15, -0.1) is 0 Å². The third-order valence-corrected chi connectivity index (χ3v) is 4.82. The quantitative estimate of drug-likeness (QED) is 0.264. The third kappa shape index (κ3) is 19.5. The molecular formula is C21H42O3. The fourth-order valence-electron chi connectivity index (χ4n) is 3.20. The number of hydrogen-bond donors (Lipinski definition) is 2. The van der Waals surface area contributed by atoms with Crippen molar-refractivity contribution in [3.8, 4) is 0 Å². The van der Waals surface area contributed by atoms with Crippen LogP contribution in [0.3, 0.4) is 0 Å². The van der Waals surface area contributed by atoms with Crippen molar-refractivity contribution in [1.82, 2.24) is 0 Å². The van der Waals surface area contributed by atoms with Crippen LogP contribution in [0.4, 0.5) is 0 Å². The molecule has 0 rings (SSSR count). The maximum Gasteiger partial charge on any atom is 0.303 e. The second-order valence-corrected chi connectivity index (χ2v) is 7.32. The molecule has 144 valence electrons. The van der Waals surface area contributed by atoms with Gasteiger partial charge in [0.2, 0.25) is 0 Å². The maximum atomic E-state index is 10.4. The number of aliphatic carboxylic acids is 1. The SMILES string of the molecule is CCCCCCCC(O)CCCCCCCCCCCCC(=O)O. The summed E-state index contributed by atoms with van der Waals surface area (Å²) in [5.41, 5.74) is 0. The molecule has 0 aliphatic rings. The van der Waals surface area contributed by atoms with E-state index in [0.717, 1.165) is 25.7 Å². The molecule has 0 fully saturated rings. The normalized spacial score (nSPS) is 12.4. The highest BCUT2D eigenvalue weighted by Crippen LogP contribution is 2.15. The lowest BCUT2D eigenvalue weighted by atomic mass is 10.0. The predicted molar refractivity (Wildman–Crippen MR) is 102 cm³/mol. The average Bonchev–Trinajstić information content (AvgIpc) is 2.55. The standard InChI is InChI=1S/C21H42O3/c1-2-3-4-11-14-17-20(22)18-15-12-9-7-5-6-8-10-13-16-19-21(23)24/h20,22H,2-19H2,1H3,(H,23,24). The molecule has 0 aliphatic heterocycles. The fraction of sp³-hybridized carbons (Fsp3) is 0.952. The van der Waals surface area contributed by atoms with Crippen molar-refractivity contribution in [3.63, 3.8) is 0 Å². The van der Waals surface area contributed by atoms with Crippen LogP contribution in [0, 0.1) is 0 Å². The van der Waals surface area contributed by atoms with Gasteiger partial charge in [0.1, 0.15) is 0 Å². The van der Waals surface area contributed by atoms with E-state index in [1.165, 1.54) is 83.5 Å². The van der Waals surface area contributed by atoms with E-state index >= 15 is 0 Å². The Hall–Kier alpha value is -0.570. The lowest BCUT2D eigenvalue weighted by molar-refractivity contribution is -0.137. The second kappa shape index (κ2) is 18.8. The Bertz CT molecular complexity index is 266. The number of carboxylic acids is 1. The van der Waals surface area contributed by atoms with E-state index in [4.69, 9.17) is 5.11 Å². The van der Waals surface area contributed by atoms with Gasteiger partial charge < -0.3 is 10.2 Å². The Kier molecular flexibility index (Phi) is 18.3. The number of aliphatic hydroxyl groups excluding tert-OH is 1. The largest absolute Gasteiger partial charge is 0.481 e. The van der Waals surface area contributed by atoms with Gasteiger partial charge in [-0.2, -0.15) is 0 Å². The topological polar surface area (TPSA) is 57.5 Å². The van der Waals surface area contributed by atoms with E-state index < -0.39 is 5.97 Å². The van der Waals surface area contributed by atoms with Gasteiger partial charge in [0, 0.05) is 6.42 Å². The second-order valence-electron chi connectivity index (χ2n) is 7.32. The number of hydrogen-bond acceptors (Lipinski definition) is 2. The molecule has 0 aromatic carbocycles. The highest BCUT2D eigenvalue weighted by atomic mass is 16.4. The highest BCUT2D eigenvalue weighted by Gasteiger charge is 2.03. The van der Waals surface area contributed by atoms with Crippen molar-refractivity contribution in [2.24, 2.45) is 0 Å². The first-order chi connectivity index (χ1) is 11.7. The van der Waals surface area contributed by atoms with Crippen LogP contribution in [0.1, 0.15) is 122 Å². The molecule has 0 aliphatic carbocycles. The predicted octanol–water partition coefficient (Wildman–Crippen LogP) is 6.47. The number of carbonyl (C=O) groups is 1. The molecule has 0 aromatic rings. The molecule has 2 N–H and O–H groups in total. The summed E-state index contributed by atoms with van der Waals surface area (Å²) in [5.74, 6) is -0.670. The van der Waals surface area contributed by atoms with Crippen molar-refractivity contribution in [3.05, 3.63) is 0 Å². The third-order valence-electron chi connectivity index (χ3n) is 4.82. The van der Waals surface area contributed by atoms with Gasteiger partial charge in [0.05, 0.1) is 6.10 Å². The Morgan fingerprint density at radius 2 is 1.04 bits per heavy atom. The molecule has 0 spiro atoms. The number of aliphatic hydroxyl groups is 1. The van der Waals surface area contributed by atoms with Crippen LogP contribution in [0.25, 0.3) is 0 Å². The summed E-state index contributed by atoms with van der Waals surface area (Å²) < 4.78 is 0. The van der Waals surface area contributed by atoms with E-state index in [-0.39, 0.29) is 6.10 Å². The van der Waals surface area contributed by atoms with E-state index in [9.17, 15) is 9.90 Å². The van der Waals surface area contributed by atoms with E-state index in [1.54, 1.807) is 0 Å². The summed E-state index contributed by atoms with van der Waals surface area (Å²) >= 11 is 0. The summed E-state index contributed by atoms with van der Waals surface area (Å²) in [6.07, 6.45) is 20.6. The smallest absolute Gasteiger partial charge is 0.303 e. The molecule has 0 bridgehead atoms. The molecule has 3 nitrogen and oxygen atoms in total. The molecule has 0 heterocycles. The average molecular weight is 343 g/mol. The monoisotopic (exact) mass is 342 g/mol. The fourth-order valence-corrected chi connectivity index (χ4v) is 3.20. The number of unbranched alkanes of at least 4 members (excludes halogenated alkanes) is 13. The van der Waals surface area contributed by atoms with Gasteiger partial charge in [0.15, 0.2) is 0 Å². The molecule has 1 atom stereocenters. The van der Waals surface area contributed by atoms with Crippen LogP contribution in [-0.2, 0) is 4.79 Å². The van der Waals surface area contributed by atoms with Crippen LogP contribution in [0.2, 0.25) is 0 Å². The minimum absolute atomic E-state index is 0.0718. The number of rotatable bonds is 19. The zero-order chi connectivity index (χ0) is 17.9. The summed E-state index contributed by atoms with van der Waals surface area (Å²) in [7, 11) is 0. The van der Waals surface area contributed by atoms with Gasteiger partial charge in [-0.3, -0.25) is 4.79 Å². The minimum atomic E-state index is -0.670. The van der Waals surface area contributed by atoms with Crippen LogP contribution in [0.15, 0.2) is 0 Å². The van der Waals surface area contributed by atoms with Gasteiger partial charge in [-0.25, -0.2) is 0 Å². The Balaban J connectivity index is 3.12.